The first-order chi connectivity index (χ1) is 8.08. The Balaban J connectivity index is 2.28. The Labute approximate surface area is 99.2 Å². The van der Waals surface area contributed by atoms with Crippen LogP contribution in [0, 0.1) is 10.1 Å². The Kier molecular flexibility index (Phi) is 3.01. The molecule has 0 aliphatic heterocycles. The van der Waals surface area contributed by atoms with Gasteiger partial charge in [0.25, 0.3) is 0 Å². The van der Waals surface area contributed by atoms with Crippen molar-refractivity contribution in [2.45, 2.75) is 31.2 Å². The van der Waals surface area contributed by atoms with E-state index in [1.165, 1.54) is 6.33 Å². The predicted molar refractivity (Wildman–Crippen MR) is 63.7 cm³/mol. The maximum Gasteiger partial charge on any atom is 0.406 e. The molecule has 0 amide bonds. The Morgan fingerprint density at radius 2 is 2.29 bits per heavy atom. The van der Waals surface area contributed by atoms with Gasteiger partial charge in [-0.3, -0.25) is 4.57 Å². The fourth-order valence-corrected chi connectivity index (χ4v) is 2.38. The zero-order valence-electron chi connectivity index (χ0n) is 9.85. The van der Waals surface area contributed by atoms with Crippen molar-refractivity contribution in [3.8, 4) is 0 Å². The summed E-state index contributed by atoms with van der Waals surface area (Å²) < 4.78 is 1.63. The first kappa shape index (κ1) is 11.8. The van der Waals surface area contributed by atoms with Crippen LogP contribution in [0.15, 0.2) is 6.33 Å². The van der Waals surface area contributed by atoms with Crippen LogP contribution in [0.25, 0.3) is 0 Å². The van der Waals surface area contributed by atoms with Crippen LogP contribution in [0.2, 0.25) is 0 Å². The lowest BCUT2D eigenvalue weighted by Gasteiger charge is -2.29. The van der Waals surface area contributed by atoms with Gasteiger partial charge < -0.3 is 21.2 Å². The molecule has 94 valence electrons. The van der Waals surface area contributed by atoms with E-state index in [9.17, 15) is 10.1 Å². The highest BCUT2D eigenvalue weighted by Gasteiger charge is 2.35. The van der Waals surface area contributed by atoms with E-state index in [2.05, 4.69) is 10.3 Å². The highest BCUT2D eigenvalue weighted by molar-refractivity contribution is 5.54. The van der Waals surface area contributed by atoms with Gasteiger partial charge in [-0.25, -0.2) is 0 Å². The van der Waals surface area contributed by atoms with Crippen LogP contribution in [0.4, 0.5) is 11.6 Å². The minimum atomic E-state index is -0.471. The summed E-state index contributed by atoms with van der Waals surface area (Å²) in [6, 6.07) is 0. The van der Waals surface area contributed by atoms with Gasteiger partial charge in [0.15, 0.2) is 0 Å². The van der Waals surface area contributed by atoms with Crippen molar-refractivity contribution in [1.82, 2.24) is 9.55 Å². The number of nitrogens with zero attached hydrogens (tertiary/aromatic N) is 3. The highest BCUT2D eigenvalue weighted by Crippen LogP contribution is 2.34. The number of hydrogen-bond donors (Lipinski definition) is 2. The molecule has 0 radical (unpaired) electrons. The normalized spacial score (nSPS) is 18.2. The number of aromatic nitrogens is 2. The van der Waals surface area contributed by atoms with Gasteiger partial charge >= 0.3 is 5.82 Å². The molecule has 1 aliphatic carbocycles. The van der Waals surface area contributed by atoms with E-state index in [1.54, 1.807) is 11.6 Å². The van der Waals surface area contributed by atoms with Gasteiger partial charge in [-0.15, -0.1) is 0 Å². The molecule has 7 heteroatoms. The average Bonchev–Trinajstić information content (AvgIpc) is 2.89. The molecule has 0 bridgehead atoms. The molecule has 1 aromatic heterocycles. The number of anilines is 1. The molecule has 1 aromatic rings. The fraction of sp³-hybridized carbons (Fsp3) is 0.700. The minimum Gasteiger partial charge on any atom is -0.358 e. The van der Waals surface area contributed by atoms with E-state index in [-0.39, 0.29) is 11.4 Å². The molecule has 0 aromatic carbocycles. The summed E-state index contributed by atoms with van der Waals surface area (Å²) in [6.45, 7) is 0.481. The number of nitrogens with one attached hydrogen (secondary N) is 1. The van der Waals surface area contributed by atoms with Gasteiger partial charge in [-0.1, -0.05) is 12.8 Å². The monoisotopic (exact) mass is 239 g/mol. The molecule has 0 saturated heterocycles. The lowest BCUT2D eigenvalue weighted by molar-refractivity contribution is -0.388. The van der Waals surface area contributed by atoms with Crippen molar-refractivity contribution in [2.24, 2.45) is 12.8 Å². The van der Waals surface area contributed by atoms with Gasteiger partial charge in [-0.05, 0) is 22.7 Å². The SMILES string of the molecule is Cn1cnc([N+](=O)[O-])c1NC1(CN)CCCC1. The minimum absolute atomic E-state index is 0.132. The van der Waals surface area contributed by atoms with E-state index in [0.29, 0.717) is 12.4 Å². The van der Waals surface area contributed by atoms with Crippen molar-refractivity contribution >= 4 is 11.6 Å². The first-order valence-corrected chi connectivity index (χ1v) is 5.72. The second-order valence-electron chi connectivity index (χ2n) is 4.60. The Morgan fingerprint density at radius 1 is 1.65 bits per heavy atom. The van der Waals surface area contributed by atoms with Gasteiger partial charge in [0.1, 0.15) is 0 Å². The largest absolute Gasteiger partial charge is 0.406 e. The highest BCUT2D eigenvalue weighted by atomic mass is 16.6. The van der Waals surface area contributed by atoms with Gasteiger partial charge in [0, 0.05) is 13.6 Å². The molecule has 2 rings (SSSR count). The summed E-state index contributed by atoms with van der Waals surface area (Å²) >= 11 is 0. The average molecular weight is 239 g/mol. The Morgan fingerprint density at radius 3 is 2.82 bits per heavy atom. The molecule has 1 heterocycles. The van der Waals surface area contributed by atoms with E-state index < -0.39 is 4.92 Å². The van der Waals surface area contributed by atoms with Crippen molar-refractivity contribution in [2.75, 3.05) is 11.9 Å². The van der Waals surface area contributed by atoms with Crippen LogP contribution in [-0.2, 0) is 7.05 Å². The molecule has 17 heavy (non-hydrogen) atoms. The molecule has 1 aliphatic rings. The number of aryl methyl sites for hydroxylation is 1. The zero-order valence-corrected chi connectivity index (χ0v) is 9.85. The predicted octanol–water partition coefficient (Wildman–Crippen LogP) is 1.01. The van der Waals surface area contributed by atoms with E-state index in [0.717, 1.165) is 25.7 Å². The summed E-state index contributed by atoms with van der Waals surface area (Å²) in [5.74, 6) is 0.314. The number of rotatable bonds is 4. The maximum absolute atomic E-state index is 10.9. The third-order valence-corrected chi connectivity index (χ3v) is 3.43. The standard InChI is InChI=1S/C10H17N5O2/c1-14-7-12-8(15(16)17)9(14)13-10(6-11)4-2-3-5-10/h7,13H,2-6,11H2,1H3. The lowest BCUT2D eigenvalue weighted by atomic mass is 9.98. The van der Waals surface area contributed by atoms with Crippen molar-refractivity contribution in [1.29, 1.82) is 0 Å². The summed E-state index contributed by atoms with van der Waals surface area (Å²) in [6.07, 6.45) is 5.56. The molecular weight excluding hydrogens is 222 g/mol. The molecular formula is C10H17N5O2. The number of nitrogens with two attached hydrogens (primary N) is 1. The van der Waals surface area contributed by atoms with Gasteiger partial charge in [0.2, 0.25) is 12.1 Å². The van der Waals surface area contributed by atoms with Gasteiger partial charge in [-0.2, -0.15) is 0 Å². The second-order valence-corrected chi connectivity index (χ2v) is 4.60. The summed E-state index contributed by atoms with van der Waals surface area (Å²) in [4.78, 5) is 14.2. The van der Waals surface area contributed by atoms with Crippen LogP contribution in [0.3, 0.4) is 0 Å². The third kappa shape index (κ3) is 2.10. The van der Waals surface area contributed by atoms with E-state index in [4.69, 9.17) is 5.73 Å². The number of imidazole rings is 1. The Bertz CT molecular complexity index is 422. The topological polar surface area (TPSA) is 99.0 Å². The van der Waals surface area contributed by atoms with Crippen LogP contribution >= 0.6 is 0 Å². The van der Waals surface area contributed by atoms with Crippen molar-refractivity contribution < 1.29 is 4.92 Å². The number of nitro groups is 1. The Hall–Kier alpha value is -1.63. The van der Waals surface area contributed by atoms with Crippen LogP contribution in [0.5, 0.6) is 0 Å². The quantitative estimate of drug-likeness (QED) is 0.603. The summed E-state index contributed by atoms with van der Waals surface area (Å²) in [7, 11) is 1.74. The summed E-state index contributed by atoms with van der Waals surface area (Å²) in [5.41, 5.74) is 5.59. The summed E-state index contributed by atoms with van der Waals surface area (Å²) in [5, 5.41) is 14.1. The molecule has 0 spiro atoms. The molecule has 1 fully saturated rings. The van der Waals surface area contributed by atoms with E-state index >= 15 is 0 Å². The molecule has 3 N–H and O–H groups in total. The molecule has 0 atom stereocenters. The van der Waals surface area contributed by atoms with Crippen LogP contribution in [0.1, 0.15) is 25.7 Å². The maximum atomic E-state index is 10.9. The lowest BCUT2D eigenvalue weighted by Crippen LogP contribution is -2.43. The molecule has 0 unspecified atom stereocenters. The molecule has 1 saturated carbocycles. The van der Waals surface area contributed by atoms with Crippen LogP contribution in [-0.4, -0.2) is 26.6 Å². The first-order valence-electron chi connectivity index (χ1n) is 5.72. The van der Waals surface area contributed by atoms with E-state index in [1.807, 2.05) is 0 Å². The van der Waals surface area contributed by atoms with Crippen LogP contribution < -0.4 is 11.1 Å². The van der Waals surface area contributed by atoms with Crippen molar-refractivity contribution in [3.05, 3.63) is 16.4 Å². The third-order valence-electron chi connectivity index (χ3n) is 3.43. The smallest absolute Gasteiger partial charge is 0.358 e. The second kappa shape index (κ2) is 4.33. The van der Waals surface area contributed by atoms with Crippen molar-refractivity contribution in [3.63, 3.8) is 0 Å². The molecule has 7 nitrogen and oxygen atoms in total. The zero-order chi connectivity index (χ0) is 12.5. The number of hydrogen-bond acceptors (Lipinski definition) is 5. The van der Waals surface area contributed by atoms with Gasteiger partial charge in [0.05, 0.1) is 5.54 Å². The fourth-order valence-electron chi connectivity index (χ4n) is 2.38.